The molecule has 2 aliphatic rings. The van der Waals surface area contributed by atoms with Crippen molar-refractivity contribution >= 4 is 0 Å². The van der Waals surface area contributed by atoms with E-state index in [0.29, 0.717) is 5.92 Å². The lowest BCUT2D eigenvalue weighted by Crippen LogP contribution is -2.50. The molecule has 1 aliphatic heterocycles. The summed E-state index contributed by atoms with van der Waals surface area (Å²) in [6.07, 6.45) is 5.84. The van der Waals surface area contributed by atoms with Crippen molar-refractivity contribution in [2.24, 2.45) is 11.8 Å². The molecule has 1 saturated carbocycles. The Morgan fingerprint density at radius 1 is 1.46 bits per heavy atom. The van der Waals surface area contributed by atoms with Crippen LogP contribution in [0.4, 0.5) is 0 Å². The van der Waals surface area contributed by atoms with Gasteiger partial charge in [0, 0.05) is 6.54 Å². The molecule has 2 unspecified atom stereocenters. The molecule has 2 atom stereocenters. The summed E-state index contributed by atoms with van der Waals surface area (Å²) in [4.78, 5) is 0. The Kier molecular flexibility index (Phi) is 2.61. The molecule has 2 nitrogen and oxygen atoms in total. The Bertz CT molecular complexity index is 179. The fourth-order valence-corrected chi connectivity index (χ4v) is 2.59. The van der Waals surface area contributed by atoms with Crippen molar-refractivity contribution in [3.63, 3.8) is 0 Å². The second-order valence-corrected chi connectivity index (χ2v) is 4.81. The number of hydrogen-bond donors (Lipinski definition) is 2. The third-order valence-electron chi connectivity index (χ3n) is 3.72. The number of hydrogen-bond acceptors (Lipinski definition) is 2. The molecule has 0 bridgehead atoms. The molecule has 76 valence electrons. The second-order valence-electron chi connectivity index (χ2n) is 4.81. The molecule has 1 aliphatic carbocycles. The predicted octanol–water partition coefficient (Wildman–Crippen LogP) is 1.54. The van der Waals surface area contributed by atoms with Gasteiger partial charge >= 0.3 is 0 Å². The molecule has 0 aromatic rings. The van der Waals surface area contributed by atoms with Gasteiger partial charge in [0.2, 0.25) is 0 Å². The first kappa shape index (κ1) is 9.47. The zero-order chi connectivity index (χ0) is 9.31. The van der Waals surface area contributed by atoms with Gasteiger partial charge in [-0.05, 0) is 37.6 Å². The Hall–Kier alpha value is -0.0800. The van der Waals surface area contributed by atoms with E-state index in [1.807, 2.05) is 0 Å². The van der Waals surface area contributed by atoms with Gasteiger partial charge in [-0.1, -0.05) is 19.8 Å². The summed E-state index contributed by atoms with van der Waals surface area (Å²) in [5.74, 6) is 1.33. The van der Waals surface area contributed by atoms with Gasteiger partial charge in [-0.2, -0.15) is 0 Å². The largest absolute Gasteiger partial charge is 0.389 e. The highest BCUT2D eigenvalue weighted by atomic mass is 16.3. The molecule has 2 rings (SSSR count). The summed E-state index contributed by atoms with van der Waals surface area (Å²) in [6, 6.07) is 0. The maximum atomic E-state index is 10.5. The zero-order valence-electron chi connectivity index (χ0n) is 8.55. The van der Waals surface area contributed by atoms with Crippen molar-refractivity contribution in [1.82, 2.24) is 5.32 Å². The van der Waals surface area contributed by atoms with Crippen LogP contribution < -0.4 is 5.32 Å². The van der Waals surface area contributed by atoms with Gasteiger partial charge in [0.1, 0.15) is 0 Å². The Balaban J connectivity index is 1.96. The van der Waals surface area contributed by atoms with E-state index in [9.17, 15) is 5.11 Å². The Morgan fingerprint density at radius 2 is 2.23 bits per heavy atom. The van der Waals surface area contributed by atoms with Crippen LogP contribution in [0.5, 0.6) is 0 Å². The average Bonchev–Trinajstić information content (AvgIpc) is 2.88. The van der Waals surface area contributed by atoms with Crippen LogP contribution in [0.3, 0.4) is 0 Å². The van der Waals surface area contributed by atoms with Gasteiger partial charge in [-0.15, -0.1) is 0 Å². The first-order valence-corrected chi connectivity index (χ1v) is 5.67. The molecule has 0 amide bonds. The van der Waals surface area contributed by atoms with E-state index in [0.717, 1.165) is 38.3 Å². The molecule has 2 fully saturated rings. The molecule has 13 heavy (non-hydrogen) atoms. The molecule has 1 heterocycles. The minimum atomic E-state index is -0.332. The molecule has 1 saturated heterocycles. The van der Waals surface area contributed by atoms with Gasteiger partial charge in [0.15, 0.2) is 0 Å². The molecule has 2 N–H and O–H groups in total. The van der Waals surface area contributed by atoms with Gasteiger partial charge in [0.05, 0.1) is 5.60 Å². The molecule has 0 aromatic carbocycles. The van der Waals surface area contributed by atoms with Crippen molar-refractivity contribution in [3.05, 3.63) is 0 Å². The summed E-state index contributed by atoms with van der Waals surface area (Å²) >= 11 is 0. The standard InChI is InChI=1S/C11H21NO/c1-2-10-8-12-6-5-11(10,13)7-9-3-4-9/h9-10,12-13H,2-8H2,1H3. The number of rotatable bonds is 3. The SMILES string of the molecule is CCC1CNCCC1(O)CC1CC1. The minimum absolute atomic E-state index is 0.332. The smallest absolute Gasteiger partial charge is 0.0702 e. The van der Waals surface area contributed by atoms with Gasteiger partial charge in [-0.3, -0.25) is 0 Å². The molecule has 2 heteroatoms. The molecule has 0 radical (unpaired) electrons. The number of nitrogens with one attached hydrogen (secondary N) is 1. The van der Waals surface area contributed by atoms with Crippen LogP contribution >= 0.6 is 0 Å². The van der Waals surface area contributed by atoms with Crippen molar-refractivity contribution in [2.45, 2.75) is 44.6 Å². The van der Waals surface area contributed by atoms with E-state index < -0.39 is 0 Å². The van der Waals surface area contributed by atoms with E-state index in [1.165, 1.54) is 12.8 Å². The van der Waals surface area contributed by atoms with Crippen molar-refractivity contribution in [3.8, 4) is 0 Å². The average molecular weight is 183 g/mol. The fraction of sp³-hybridized carbons (Fsp3) is 1.00. The summed E-state index contributed by atoms with van der Waals surface area (Å²) in [7, 11) is 0. The lowest BCUT2D eigenvalue weighted by atomic mass is 9.77. The van der Waals surface area contributed by atoms with Crippen LogP contribution in [0.1, 0.15) is 39.0 Å². The van der Waals surface area contributed by atoms with Gasteiger partial charge in [-0.25, -0.2) is 0 Å². The van der Waals surface area contributed by atoms with E-state index in [4.69, 9.17) is 0 Å². The third kappa shape index (κ3) is 2.05. The molecular formula is C11H21NO. The number of aliphatic hydroxyl groups is 1. The summed E-state index contributed by atoms with van der Waals surface area (Å²) in [5, 5.41) is 13.9. The van der Waals surface area contributed by atoms with Crippen molar-refractivity contribution in [1.29, 1.82) is 0 Å². The topological polar surface area (TPSA) is 32.3 Å². The summed E-state index contributed by atoms with van der Waals surface area (Å²) in [5.41, 5.74) is -0.332. The normalized spacial score (nSPS) is 40.6. The fourth-order valence-electron chi connectivity index (χ4n) is 2.59. The first-order valence-electron chi connectivity index (χ1n) is 5.67. The first-order chi connectivity index (χ1) is 6.24. The van der Waals surface area contributed by atoms with E-state index in [1.54, 1.807) is 0 Å². The summed E-state index contributed by atoms with van der Waals surface area (Å²) < 4.78 is 0. The Morgan fingerprint density at radius 3 is 2.85 bits per heavy atom. The maximum absolute atomic E-state index is 10.5. The lowest BCUT2D eigenvalue weighted by molar-refractivity contribution is -0.0528. The van der Waals surface area contributed by atoms with E-state index >= 15 is 0 Å². The van der Waals surface area contributed by atoms with Crippen molar-refractivity contribution in [2.75, 3.05) is 13.1 Å². The molecule has 0 aromatic heterocycles. The second kappa shape index (κ2) is 3.58. The Labute approximate surface area is 80.7 Å². The zero-order valence-corrected chi connectivity index (χ0v) is 8.55. The quantitative estimate of drug-likeness (QED) is 0.695. The van der Waals surface area contributed by atoms with Crippen molar-refractivity contribution < 1.29 is 5.11 Å². The van der Waals surface area contributed by atoms with Crippen LogP contribution in [0.15, 0.2) is 0 Å². The molecule has 0 spiro atoms. The van der Waals surface area contributed by atoms with Crippen LogP contribution in [0, 0.1) is 11.8 Å². The maximum Gasteiger partial charge on any atom is 0.0702 e. The predicted molar refractivity (Wildman–Crippen MR) is 53.6 cm³/mol. The van der Waals surface area contributed by atoms with Gasteiger partial charge in [0.25, 0.3) is 0 Å². The van der Waals surface area contributed by atoms with E-state index in [-0.39, 0.29) is 5.60 Å². The van der Waals surface area contributed by atoms with Gasteiger partial charge < -0.3 is 10.4 Å². The van der Waals surface area contributed by atoms with Crippen LogP contribution in [0.25, 0.3) is 0 Å². The van der Waals surface area contributed by atoms with Crippen LogP contribution in [0.2, 0.25) is 0 Å². The highest BCUT2D eigenvalue weighted by molar-refractivity contribution is 4.95. The highest BCUT2D eigenvalue weighted by Crippen LogP contribution is 2.42. The third-order valence-corrected chi connectivity index (χ3v) is 3.72. The monoisotopic (exact) mass is 183 g/mol. The summed E-state index contributed by atoms with van der Waals surface area (Å²) in [6.45, 7) is 4.20. The molecular weight excluding hydrogens is 162 g/mol. The van der Waals surface area contributed by atoms with Crippen LogP contribution in [-0.4, -0.2) is 23.8 Å². The van der Waals surface area contributed by atoms with E-state index in [2.05, 4.69) is 12.2 Å². The highest BCUT2D eigenvalue weighted by Gasteiger charge is 2.41. The number of piperidine rings is 1. The minimum Gasteiger partial charge on any atom is -0.389 e. The lowest BCUT2D eigenvalue weighted by Gasteiger charge is -2.40. The van der Waals surface area contributed by atoms with Crippen LogP contribution in [-0.2, 0) is 0 Å².